The average Bonchev–Trinajstić information content (AvgIpc) is 2.26. The van der Waals surface area contributed by atoms with E-state index in [1.807, 2.05) is 0 Å². The maximum atomic E-state index is 5.81. The molecule has 0 aromatic heterocycles. The Kier molecular flexibility index (Phi) is 8.08. The zero-order valence-electron chi connectivity index (χ0n) is 13.4. The van der Waals surface area contributed by atoms with Gasteiger partial charge in [0.1, 0.15) is 0 Å². The van der Waals surface area contributed by atoms with E-state index >= 15 is 0 Å². The van der Waals surface area contributed by atoms with Gasteiger partial charge in [-0.2, -0.15) is 0 Å². The molecule has 0 spiro atoms. The molecule has 3 heteroatoms. The molecule has 0 aliphatic rings. The van der Waals surface area contributed by atoms with E-state index in [9.17, 15) is 0 Å². The van der Waals surface area contributed by atoms with Gasteiger partial charge < -0.3 is 14.8 Å². The molecule has 0 aromatic rings. The van der Waals surface area contributed by atoms with Crippen molar-refractivity contribution >= 4 is 0 Å². The Balaban J connectivity index is 4.09. The SMILES string of the molecule is CCCNC(COCCC(C)(C)C)C(C)(C)OC. The third-order valence-corrected chi connectivity index (χ3v) is 3.29. The number of rotatable bonds is 9. The lowest BCUT2D eigenvalue weighted by Crippen LogP contribution is -2.51. The summed E-state index contributed by atoms with van der Waals surface area (Å²) in [5.41, 5.74) is 0.139. The van der Waals surface area contributed by atoms with Crippen molar-refractivity contribution in [3.63, 3.8) is 0 Å². The molecule has 0 bridgehead atoms. The van der Waals surface area contributed by atoms with Gasteiger partial charge in [0.25, 0.3) is 0 Å². The van der Waals surface area contributed by atoms with Gasteiger partial charge in [-0.3, -0.25) is 0 Å². The molecule has 0 heterocycles. The molecule has 1 atom stereocenters. The lowest BCUT2D eigenvalue weighted by atomic mass is 9.93. The lowest BCUT2D eigenvalue weighted by molar-refractivity contribution is -0.0406. The first kappa shape index (κ1) is 17.9. The lowest BCUT2D eigenvalue weighted by Gasteiger charge is -2.34. The van der Waals surface area contributed by atoms with E-state index in [0.29, 0.717) is 12.0 Å². The van der Waals surface area contributed by atoms with E-state index in [1.165, 1.54) is 0 Å². The van der Waals surface area contributed by atoms with E-state index in [0.717, 1.165) is 26.0 Å². The highest BCUT2D eigenvalue weighted by atomic mass is 16.5. The van der Waals surface area contributed by atoms with Crippen LogP contribution in [0, 0.1) is 5.41 Å². The summed E-state index contributed by atoms with van der Waals surface area (Å²) < 4.78 is 11.4. The fourth-order valence-electron chi connectivity index (χ4n) is 1.55. The second-order valence-electron chi connectivity index (χ2n) is 6.70. The molecule has 110 valence electrons. The Bertz CT molecular complexity index is 209. The molecule has 1 unspecified atom stereocenters. The summed E-state index contributed by atoms with van der Waals surface area (Å²) >= 11 is 0. The van der Waals surface area contributed by atoms with Crippen LogP contribution in [0.2, 0.25) is 0 Å². The van der Waals surface area contributed by atoms with Crippen LogP contribution in [0.5, 0.6) is 0 Å². The van der Waals surface area contributed by atoms with Crippen molar-refractivity contribution in [1.82, 2.24) is 5.32 Å². The molecule has 18 heavy (non-hydrogen) atoms. The van der Waals surface area contributed by atoms with E-state index < -0.39 is 0 Å². The number of nitrogens with one attached hydrogen (secondary N) is 1. The van der Waals surface area contributed by atoms with Crippen LogP contribution in [0.25, 0.3) is 0 Å². The largest absolute Gasteiger partial charge is 0.380 e. The first-order valence-electron chi connectivity index (χ1n) is 7.09. The first-order valence-corrected chi connectivity index (χ1v) is 7.09. The zero-order valence-corrected chi connectivity index (χ0v) is 13.4. The first-order chi connectivity index (χ1) is 8.23. The molecule has 0 aromatic carbocycles. The number of hydrogen-bond donors (Lipinski definition) is 1. The van der Waals surface area contributed by atoms with Crippen LogP contribution in [0.4, 0.5) is 0 Å². The Morgan fingerprint density at radius 2 is 1.72 bits per heavy atom. The van der Waals surface area contributed by atoms with Crippen molar-refractivity contribution < 1.29 is 9.47 Å². The quantitative estimate of drug-likeness (QED) is 0.645. The Morgan fingerprint density at radius 3 is 2.17 bits per heavy atom. The van der Waals surface area contributed by atoms with Crippen LogP contribution < -0.4 is 5.32 Å². The van der Waals surface area contributed by atoms with Crippen LogP contribution in [0.15, 0.2) is 0 Å². The summed E-state index contributed by atoms with van der Waals surface area (Å²) in [4.78, 5) is 0. The van der Waals surface area contributed by atoms with Crippen molar-refractivity contribution in [2.45, 2.75) is 66.0 Å². The van der Waals surface area contributed by atoms with Gasteiger partial charge in [-0.05, 0) is 38.6 Å². The minimum Gasteiger partial charge on any atom is -0.380 e. The summed E-state index contributed by atoms with van der Waals surface area (Å²) in [6.45, 7) is 15.6. The molecule has 0 rings (SSSR count). The highest BCUT2D eigenvalue weighted by molar-refractivity contribution is 4.85. The minimum atomic E-state index is -0.198. The van der Waals surface area contributed by atoms with Crippen LogP contribution >= 0.6 is 0 Å². The van der Waals surface area contributed by atoms with Crippen molar-refractivity contribution in [3.05, 3.63) is 0 Å². The van der Waals surface area contributed by atoms with Gasteiger partial charge >= 0.3 is 0 Å². The predicted molar refractivity (Wildman–Crippen MR) is 78.1 cm³/mol. The van der Waals surface area contributed by atoms with Crippen molar-refractivity contribution in [1.29, 1.82) is 0 Å². The Hall–Kier alpha value is -0.120. The van der Waals surface area contributed by atoms with Crippen LogP contribution in [0.3, 0.4) is 0 Å². The highest BCUT2D eigenvalue weighted by Gasteiger charge is 2.28. The second kappa shape index (κ2) is 8.13. The molecular formula is C15H33NO2. The standard InChI is InChI=1S/C15H33NO2/c1-8-10-16-13(15(5,6)17-7)12-18-11-9-14(2,3)4/h13,16H,8-12H2,1-7H3. The summed E-state index contributed by atoms with van der Waals surface area (Å²) in [5, 5.41) is 3.51. The maximum absolute atomic E-state index is 5.81. The normalized spacial score (nSPS) is 14.8. The van der Waals surface area contributed by atoms with Gasteiger partial charge in [0.2, 0.25) is 0 Å². The smallest absolute Gasteiger partial charge is 0.0797 e. The predicted octanol–water partition coefficient (Wildman–Crippen LogP) is 3.23. The molecule has 0 saturated carbocycles. The number of methoxy groups -OCH3 is 1. The molecule has 0 amide bonds. The van der Waals surface area contributed by atoms with Crippen LogP contribution in [-0.2, 0) is 9.47 Å². The third kappa shape index (κ3) is 8.06. The molecule has 0 fully saturated rings. The van der Waals surface area contributed by atoms with Gasteiger partial charge in [-0.25, -0.2) is 0 Å². The zero-order chi connectivity index (χ0) is 14.2. The van der Waals surface area contributed by atoms with Gasteiger partial charge in [0.05, 0.1) is 18.2 Å². The topological polar surface area (TPSA) is 30.5 Å². The average molecular weight is 259 g/mol. The van der Waals surface area contributed by atoms with Gasteiger partial charge in [0.15, 0.2) is 0 Å². The maximum Gasteiger partial charge on any atom is 0.0797 e. The molecule has 0 aliphatic heterocycles. The highest BCUT2D eigenvalue weighted by Crippen LogP contribution is 2.19. The second-order valence-corrected chi connectivity index (χ2v) is 6.70. The van der Waals surface area contributed by atoms with E-state index in [4.69, 9.17) is 9.47 Å². The Morgan fingerprint density at radius 1 is 1.11 bits per heavy atom. The van der Waals surface area contributed by atoms with E-state index in [2.05, 4.69) is 46.9 Å². The molecule has 3 nitrogen and oxygen atoms in total. The van der Waals surface area contributed by atoms with Gasteiger partial charge in [-0.15, -0.1) is 0 Å². The van der Waals surface area contributed by atoms with E-state index in [1.54, 1.807) is 7.11 Å². The molecule has 0 saturated heterocycles. The summed E-state index contributed by atoms with van der Waals surface area (Å²) in [5.74, 6) is 0. The fraction of sp³-hybridized carbons (Fsp3) is 1.00. The molecule has 1 N–H and O–H groups in total. The minimum absolute atomic E-state index is 0.198. The van der Waals surface area contributed by atoms with Crippen molar-refractivity contribution in [2.75, 3.05) is 26.9 Å². The molecule has 0 radical (unpaired) electrons. The Labute approximate surface area is 114 Å². The van der Waals surface area contributed by atoms with Gasteiger partial charge in [0, 0.05) is 13.7 Å². The number of hydrogen-bond acceptors (Lipinski definition) is 3. The monoisotopic (exact) mass is 259 g/mol. The van der Waals surface area contributed by atoms with Gasteiger partial charge in [-0.1, -0.05) is 27.7 Å². The summed E-state index contributed by atoms with van der Waals surface area (Å²) in [6, 6.07) is 0.238. The summed E-state index contributed by atoms with van der Waals surface area (Å²) in [7, 11) is 1.76. The molecule has 0 aliphatic carbocycles. The summed E-state index contributed by atoms with van der Waals surface area (Å²) in [6.07, 6.45) is 2.21. The van der Waals surface area contributed by atoms with Crippen LogP contribution in [0.1, 0.15) is 54.4 Å². The molecular weight excluding hydrogens is 226 g/mol. The fourth-order valence-corrected chi connectivity index (χ4v) is 1.55. The van der Waals surface area contributed by atoms with Crippen molar-refractivity contribution in [2.24, 2.45) is 5.41 Å². The van der Waals surface area contributed by atoms with Crippen LogP contribution in [-0.4, -0.2) is 38.5 Å². The number of ether oxygens (including phenoxy) is 2. The van der Waals surface area contributed by atoms with Crippen molar-refractivity contribution in [3.8, 4) is 0 Å². The van der Waals surface area contributed by atoms with E-state index in [-0.39, 0.29) is 11.6 Å². The third-order valence-electron chi connectivity index (χ3n) is 3.29.